The summed E-state index contributed by atoms with van der Waals surface area (Å²) in [6.07, 6.45) is -5.06. The van der Waals surface area contributed by atoms with Crippen molar-refractivity contribution in [3.05, 3.63) is 0 Å². The molecule has 0 aromatic heterocycles. The zero-order valence-corrected chi connectivity index (χ0v) is 6.59. The number of rotatable bonds is 4. The minimum absolute atomic E-state index is 3.12. The molecule has 0 rings (SSSR count). The first kappa shape index (κ1) is 13.9. The molecule has 0 radical (unpaired) electrons. The minimum atomic E-state index is -6.56. The van der Waals surface area contributed by atoms with Crippen LogP contribution in [0.4, 0.5) is 35.1 Å². The summed E-state index contributed by atoms with van der Waals surface area (Å²) >= 11 is 0. The molecule has 0 heterocycles. The Balaban J connectivity index is 5.40. The molecule has 0 atom stereocenters. The lowest BCUT2D eigenvalue weighted by molar-refractivity contribution is -0.327. The van der Waals surface area contributed by atoms with E-state index in [4.69, 9.17) is 0 Å². The number of carbonyl (C=O) groups excluding carboxylic acids is 1. The number of halogens is 8. The smallest absolute Gasteiger partial charge is 0.364 e. The number of amides is 1. The topological polar surface area (TPSA) is 43.1 Å². The summed E-state index contributed by atoms with van der Waals surface area (Å²) in [5.41, 5.74) is 3.71. The number of hydrogen-bond donors (Lipinski definition) is 1. The second-order valence-corrected chi connectivity index (χ2v) is 2.44. The minimum Gasteiger partial charge on any atom is -0.364 e. The third-order valence-electron chi connectivity index (χ3n) is 1.40. The molecule has 0 spiro atoms. The fourth-order valence-corrected chi connectivity index (χ4v) is 0.501. The van der Waals surface area contributed by atoms with Crippen molar-refractivity contribution in [1.29, 1.82) is 0 Å². The van der Waals surface area contributed by atoms with Gasteiger partial charge in [0.1, 0.15) is 0 Å². The SMILES string of the molecule is NC(=O)C(F)(F)C(F)(F)C(F)(F)C(F)F. The van der Waals surface area contributed by atoms with E-state index in [-0.39, 0.29) is 0 Å². The summed E-state index contributed by atoms with van der Waals surface area (Å²) in [6.45, 7) is 0. The number of primary amides is 1. The van der Waals surface area contributed by atoms with Gasteiger partial charge in [-0.1, -0.05) is 0 Å². The van der Waals surface area contributed by atoms with Crippen molar-refractivity contribution < 1.29 is 39.9 Å². The van der Waals surface area contributed by atoms with Crippen molar-refractivity contribution in [2.24, 2.45) is 5.73 Å². The standard InChI is InChI=1S/C5H3F8NO/c6-1(7)3(8,9)5(12,13)4(10,11)2(14)15/h1H,(H2,14,15). The predicted octanol–water partition coefficient (Wildman–Crippen LogP) is 1.64. The van der Waals surface area contributed by atoms with Crippen LogP contribution in [0.25, 0.3) is 0 Å². The Morgan fingerprint density at radius 2 is 1.33 bits per heavy atom. The molecule has 15 heavy (non-hydrogen) atoms. The molecule has 0 aliphatic heterocycles. The summed E-state index contributed by atoms with van der Waals surface area (Å²) in [6, 6.07) is 0. The molecule has 0 aromatic carbocycles. The van der Waals surface area contributed by atoms with E-state index in [0.717, 1.165) is 0 Å². The third-order valence-corrected chi connectivity index (χ3v) is 1.40. The van der Waals surface area contributed by atoms with Gasteiger partial charge in [0, 0.05) is 0 Å². The van der Waals surface area contributed by atoms with Crippen molar-refractivity contribution in [3.8, 4) is 0 Å². The summed E-state index contributed by atoms with van der Waals surface area (Å²) in [5.74, 6) is -22.1. The second kappa shape index (κ2) is 3.49. The number of carbonyl (C=O) groups is 1. The fraction of sp³-hybridized carbons (Fsp3) is 0.800. The Morgan fingerprint density at radius 1 is 1.00 bits per heavy atom. The van der Waals surface area contributed by atoms with Crippen molar-refractivity contribution >= 4 is 5.91 Å². The van der Waals surface area contributed by atoms with E-state index in [9.17, 15) is 39.9 Å². The Morgan fingerprint density at radius 3 is 1.53 bits per heavy atom. The maximum absolute atomic E-state index is 12.2. The first-order valence-electron chi connectivity index (χ1n) is 3.10. The summed E-state index contributed by atoms with van der Waals surface area (Å²) < 4.78 is 95.4. The van der Waals surface area contributed by atoms with Crippen LogP contribution in [0.5, 0.6) is 0 Å². The van der Waals surface area contributed by atoms with Crippen LogP contribution in [0.3, 0.4) is 0 Å². The van der Waals surface area contributed by atoms with E-state index >= 15 is 0 Å². The highest BCUT2D eigenvalue weighted by atomic mass is 19.4. The molecule has 90 valence electrons. The first-order valence-corrected chi connectivity index (χ1v) is 3.10. The molecule has 0 aliphatic rings. The molecular weight excluding hydrogens is 242 g/mol. The maximum atomic E-state index is 12.2. The molecule has 0 saturated heterocycles. The van der Waals surface area contributed by atoms with Gasteiger partial charge in [-0.2, -0.15) is 26.3 Å². The number of hydrogen-bond acceptors (Lipinski definition) is 1. The van der Waals surface area contributed by atoms with Crippen LogP contribution in [0.2, 0.25) is 0 Å². The van der Waals surface area contributed by atoms with E-state index in [1.54, 1.807) is 0 Å². The Kier molecular flexibility index (Phi) is 3.24. The summed E-state index contributed by atoms with van der Waals surface area (Å²) in [5, 5.41) is 0. The van der Waals surface area contributed by atoms with E-state index in [1.165, 1.54) is 0 Å². The van der Waals surface area contributed by atoms with Gasteiger partial charge in [-0.15, -0.1) is 0 Å². The maximum Gasteiger partial charge on any atom is 0.392 e. The van der Waals surface area contributed by atoms with Crippen LogP contribution in [0.15, 0.2) is 0 Å². The monoisotopic (exact) mass is 245 g/mol. The van der Waals surface area contributed by atoms with Gasteiger partial charge >= 0.3 is 24.2 Å². The predicted molar refractivity (Wildman–Crippen MR) is 30.0 cm³/mol. The lowest BCUT2D eigenvalue weighted by Crippen LogP contribution is -2.62. The Hall–Kier alpha value is -1.09. The first-order chi connectivity index (χ1) is 6.39. The van der Waals surface area contributed by atoms with E-state index in [1.807, 2.05) is 0 Å². The average molecular weight is 245 g/mol. The van der Waals surface area contributed by atoms with Gasteiger partial charge < -0.3 is 5.73 Å². The average Bonchev–Trinajstić information content (AvgIpc) is 2.02. The lowest BCUT2D eigenvalue weighted by Gasteiger charge is -2.30. The zero-order valence-electron chi connectivity index (χ0n) is 6.59. The highest BCUT2D eigenvalue weighted by molar-refractivity contribution is 5.83. The fourth-order valence-electron chi connectivity index (χ4n) is 0.501. The largest absolute Gasteiger partial charge is 0.392 e. The normalized spacial score (nSPS) is 14.5. The lowest BCUT2D eigenvalue weighted by atomic mass is 10.0. The van der Waals surface area contributed by atoms with E-state index < -0.39 is 30.1 Å². The molecule has 2 nitrogen and oxygen atoms in total. The van der Waals surface area contributed by atoms with Crippen LogP contribution in [-0.4, -0.2) is 30.1 Å². The molecule has 0 bridgehead atoms. The highest BCUT2D eigenvalue weighted by Gasteiger charge is 2.77. The highest BCUT2D eigenvalue weighted by Crippen LogP contribution is 2.48. The zero-order chi connectivity index (χ0) is 12.7. The molecule has 0 saturated carbocycles. The molecule has 0 fully saturated rings. The molecule has 0 aromatic rings. The number of nitrogens with two attached hydrogens (primary N) is 1. The van der Waals surface area contributed by atoms with E-state index in [2.05, 4.69) is 5.73 Å². The number of alkyl halides is 8. The molecule has 0 aliphatic carbocycles. The van der Waals surface area contributed by atoms with Gasteiger partial charge in [0.25, 0.3) is 5.91 Å². The van der Waals surface area contributed by atoms with E-state index in [0.29, 0.717) is 0 Å². The molecule has 0 unspecified atom stereocenters. The van der Waals surface area contributed by atoms with Gasteiger partial charge in [-0.3, -0.25) is 4.79 Å². The van der Waals surface area contributed by atoms with Gasteiger partial charge in [0.2, 0.25) is 0 Å². The van der Waals surface area contributed by atoms with Gasteiger partial charge in [0.05, 0.1) is 0 Å². The van der Waals surface area contributed by atoms with Crippen molar-refractivity contribution in [2.75, 3.05) is 0 Å². The molecule has 10 heteroatoms. The van der Waals surface area contributed by atoms with Crippen LogP contribution in [-0.2, 0) is 4.79 Å². The Labute approximate surface area is 77.0 Å². The Bertz CT molecular complexity index is 262. The van der Waals surface area contributed by atoms with Crippen LogP contribution < -0.4 is 5.73 Å². The molecule has 1 amide bonds. The van der Waals surface area contributed by atoms with Crippen LogP contribution in [0.1, 0.15) is 0 Å². The summed E-state index contributed by atoms with van der Waals surface area (Å²) in [7, 11) is 0. The van der Waals surface area contributed by atoms with Gasteiger partial charge in [-0.25, -0.2) is 8.78 Å². The van der Waals surface area contributed by atoms with Crippen LogP contribution >= 0.6 is 0 Å². The van der Waals surface area contributed by atoms with Crippen LogP contribution in [0, 0.1) is 0 Å². The van der Waals surface area contributed by atoms with Crippen molar-refractivity contribution in [2.45, 2.75) is 24.2 Å². The molecule has 2 N–H and O–H groups in total. The van der Waals surface area contributed by atoms with Crippen molar-refractivity contribution in [1.82, 2.24) is 0 Å². The van der Waals surface area contributed by atoms with Gasteiger partial charge in [0.15, 0.2) is 0 Å². The molecular formula is C5H3F8NO. The quantitative estimate of drug-likeness (QED) is 0.751. The second-order valence-electron chi connectivity index (χ2n) is 2.44. The third kappa shape index (κ3) is 1.84. The van der Waals surface area contributed by atoms with Crippen molar-refractivity contribution in [3.63, 3.8) is 0 Å². The van der Waals surface area contributed by atoms with Gasteiger partial charge in [-0.05, 0) is 0 Å². The summed E-state index contributed by atoms with van der Waals surface area (Å²) in [4.78, 5) is 9.75.